The number of rotatable bonds is 5. The molecule has 1 aromatic carbocycles. The molecular formula is C14H23N3O. The van der Waals surface area contributed by atoms with E-state index in [2.05, 4.69) is 46.4 Å². The van der Waals surface area contributed by atoms with Crippen molar-refractivity contribution in [3.8, 4) is 0 Å². The van der Waals surface area contributed by atoms with Crippen molar-refractivity contribution in [2.24, 2.45) is 0 Å². The van der Waals surface area contributed by atoms with Crippen molar-refractivity contribution in [3.63, 3.8) is 0 Å². The highest BCUT2D eigenvalue weighted by Crippen LogP contribution is 2.20. The van der Waals surface area contributed by atoms with Crippen LogP contribution in [0.25, 0.3) is 0 Å². The molecule has 100 valence electrons. The van der Waals surface area contributed by atoms with Crippen LogP contribution in [-0.4, -0.2) is 58.4 Å². The number of benzene rings is 1. The van der Waals surface area contributed by atoms with E-state index in [1.807, 2.05) is 0 Å². The molecule has 18 heavy (non-hydrogen) atoms. The Hall–Kier alpha value is -1.26. The second-order valence-corrected chi connectivity index (χ2v) is 4.76. The molecule has 0 atom stereocenters. The van der Waals surface area contributed by atoms with Gasteiger partial charge in [0.05, 0.1) is 6.61 Å². The van der Waals surface area contributed by atoms with Gasteiger partial charge in [-0.2, -0.15) is 0 Å². The van der Waals surface area contributed by atoms with Crippen LogP contribution >= 0.6 is 0 Å². The number of ether oxygens (including phenoxy) is 1. The molecule has 1 N–H and O–H groups in total. The molecule has 1 aromatic rings. The van der Waals surface area contributed by atoms with Crippen LogP contribution in [0.5, 0.6) is 0 Å². The van der Waals surface area contributed by atoms with E-state index in [0.717, 1.165) is 39.3 Å². The van der Waals surface area contributed by atoms with E-state index >= 15 is 0 Å². The Morgan fingerprint density at radius 3 is 2.72 bits per heavy atom. The standard InChI is InChI=1S/C14H23N3O/c1-16-7-9-17(10-8-16)14-5-3-4-13(12-14)15-6-11-18-2/h3-5,12,15H,6-11H2,1-2H3. The lowest BCUT2D eigenvalue weighted by atomic mass is 10.2. The molecule has 0 radical (unpaired) electrons. The summed E-state index contributed by atoms with van der Waals surface area (Å²) < 4.78 is 5.04. The number of anilines is 2. The number of nitrogens with zero attached hydrogens (tertiary/aromatic N) is 2. The third-order valence-corrected chi connectivity index (χ3v) is 3.35. The van der Waals surface area contributed by atoms with E-state index in [9.17, 15) is 0 Å². The van der Waals surface area contributed by atoms with Crippen molar-refractivity contribution >= 4 is 11.4 Å². The average molecular weight is 249 g/mol. The first-order chi connectivity index (χ1) is 8.79. The lowest BCUT2D eigenvalue weighted by molar-refractivity contribution is 0.211. The molecule has 0 saturated carbocycles. The zero-order valence-corrected chi connectivity index (χ0v) is 11.4. The van der Waals surface area contributed by atoms with Crippen LogP contribution in [0.15, 0.2) is 24.3 Å². The number of nitrogens with one attached hydrogen (secondary N) is 1. The maximum atomic E-state index is 5.04. The summed E-state index contributed by atoms with van der Waals surface area (Å²) in [4.78, 5) is 4.82. The van der Waals surface area contributed by atoms with Crippen LogP contribution < -0.4 is 10.2 Å². The van der Waals surface area contributed by atoms with Crippen molar-refractivity contribution in [2.45, 2.75) is 0 Å². The highest BCUT2D eigenvalue weighted by molar-refractivity contribution is 5.58. The molecule has 1 aliphatic rings. The van der Waals surface area contributed by atoms with E-state index in [-0.39, 0.29) is 0 Å². The quantitative estimate of drug-likeness (QED) is 0.800. The highest BCUT2D eigenvalue weighted by atomic mass is 16.5. The predicted octanol–water partition coefficient (Wildman–Crippen LogP) is 1.50. The van der Waals surface area contributed by atoms with Crippen molar-refractivity contribution in [1.82, 2.24) is 4.90 Å². The van der Waals surface area contributed by atoms with Crippen LogP contribution in [0.2, 0.25) is 0 Å². The van der Waals surface area contributed by atoms with Gasteiger partial charge >= 0.3 is 0 Å². The van der Waals surface area contributed by atoms with Crippen molar-refractivity contribution < 1.29 is 4.74 Å². The Labute approximate surface area is 110 Å². The van der Waals surface area contributed by atoms with Crippen molar-refractivity contribution in [3.05, 3.63) is 24.3 Å². The zero-order valence-electron chi connectivity index (χ0n) is 11.4. The number of hydrogen-bond donors (Lipinski definition) is 1. The minimum atomic E-state index is 0.735. The molecule has 1 heterocycles. The maximum absolute atomic E-state index is 5.04. The molecule has 2 rings (SSSR count). The van der Waals surface area contributed by atoms with Crippen LogP contribution in [0.3, 0.4) is 0 Å². The van der Waals surface area contributed by atoms with Crippen LogP contribution in [-0.2, 0) is 4.74 Å². The summed E-state index contributed by atoms with van der Waals surface area (Å²) in [6.07, 6.45) is 0. The molecule has 4 nitrogen and oxygen atoms in total. The van der Waals surface area contributed by atoms with E-state index in [4.69, 9.17) is 4.74 Å². The van der Waals surface area contributed by atoms with Gasteiger partial charge in [0.1, 0.15) is 0 Å². The Morgan fingerprint density at radius 1 is 1.22 bits per heavy atom. The van der Waals surface area contributed by atoms with Gasteiger partial charge in [0.25, 0.3) is 0 Å². The fourth-order valence-electron chi connectivity index (χ4n) is 2.17. The number of hydrogen-bond acceptors (Lipinski definition) is 4. The molecule has 0 aromatic heterocycles. The molecule has 0 bridgehead atoms. The first-order valence-electron chi connectivity index (χ1n) is 6.56. The molecule has 1 aliphatic heterocycles. The highest BCUT2D eigenvalue weighted by Gasteiger charge is 2.14. The van der Waals surface area contributed by atoms with Gasteiger partial charge in [-0.05, 0) is 25.2 Å². The van der Waals surface area contributed by atoms with Gasteiger partial charge in [-0.3, -0.25) is 0 Å². The lowest BCUT2D eigenvalue weighted by Crippen LogP contribution is -2.44. The number of likely N-dealkylation sites (N-methyl/N-ethyl adjacent to an activating group) is 1. The molecule has 0 amide bonds. The zero-order chi connectivity index (χ0) is 12.8. The first-order valence-corrected chi connectivity index (χ1v) is 6.56. The second-order valence-electron chi connectivity index (χ2n) is 4.76. The normalized spacial score (nSPS) is 16.9. The molecule has 0 aliphatic carbocycles. The summed E-state index contributed by atoms with van der Waals surface area (Å²) >= 11 is 0. The molecular weight excluding hydrogens is 226 g/mol. The third kappa shape index (κ3) is 3.62. The Bertz CT molecular complexity index is 362. The molecule has 0 unspecified atom stereocenters. The number of piperazine rings is 1. The first kappa shape index (κ1) is 13.2. The number of methoxy groups -OCH3 is 1. The fourth-order valence-corrected chi connectivity index (χ4v) is 2.17. The Kier molecular flexibility index (Phi) is 4.84. The van der Waals surface area contributed by atoms with Crippen LogP contribution in [0.4, 0.5) is 11.4 Å². The Balaban J connectivity index is 1.94. The molecule has 1 fully saturated rings. The van der Waals surface area contributed by atoms with Crippen LogP contribution in [0, 0.1) is 0 Å². The summed E-state index contributed by atoms with van der Waals surface area (Å²) in [5, 5.41) is 3.37. The smallest absolute Gasteiger partial charge is 0.0635 e. The lowest BCUT2D eigenvalue weighted by Gasteiger charge is -2.34. The summed E-state index contributed by atoms with van der Waals surface area (Å²) in [6, 6.07) is 8.63. The van der Waals surface area contributed by atoms with E-state index in [1.54, 1.807) is 7.11 Å². The van der Waals surface area contributed by atoms with Gasteiger partial charge in [0.15, 0.2) is 0 Å². The largest absolute Gasteiger partial charge is 0.383 e. The van der Waals surface area contributed by atoms with Gasteiger partial charge in [0, 0.05) is 51.2 Å². The molecule has 1 saturated heterocycles. The van der Waals surface area contributed by atoms with Crippen molar-refractivity contribution in [1.29, 1.82) is 0 Å². The molecule has 0 spiro atoms. The topological polar surface area (TPSA) is 27.7 Å². The summed E-state index contributed by atoms with van der Waals surface area (Å²) in [5.74, 6) is 0. The van der Waals surface area contributed by atoms with E-state index in [1.165, 1.54) is 11.4 Å². The molecule has 4 heteroatoms. The summed E-state index contributed by atoms with van der Waals surface area (Å²) in [6.45, 7) is 6.08. The third-order valence-electron chi connectivity index (χ3n) is 3.35. The van der Waals surface area contributed by atoms with Crippen LogP contribution in [0.1, 0.15) is 0 Å². The summed E-state index contributed by atoms with van der Waals surface area (Å²) in [7, 11) is 3.91. The fraction of sp³-hybridized carbons (Fsp3) is 0.571. The second kappa shape index (κ2) is 6.61. The van der Waals surface area contributed by atoms with Gasteiger partial charge in [0.2, 0.25) is 0 Å². The predicted molar refractivity (Wildman–Crippen MR) is 76.5 cm³/mol. The summed E-state index contributed by atoms with van der Waals surface area (Å²) in [5.41, 5.74) is 2.48. The Morgan fingerprint density at radius 2 is 2.00 bits per heavy atom. The van der Waals surface area contributed by atoms with Gasteiger partial charge in [-0.1, -0.05) is 6.07 Å². The SMILES string of the molecule is COCCNc1cccc(N2CCN(C)CC2)c1. The van der Waals surface area contributed by atoms with Gasteiger partial charge in [-0.15, -0.1) is 0 Å². The minimum Gasteiger partial charge on any atom is -0.383 e. The van der Waals surface area contributed by atoms with E-state index in [0.29, 0.717) is 0 Å². The van der Waals surface area contributed by atoms with Crippen molar-refractivity contribution in [2.75, 3.05) is 63.7 Å². The minimum absolute atomic E-state index is 0.735. The van der Waals surface area contributed by atoms with Gasteiger partial charge in [-0.25, -0.2) is 0 Å². The van der Waals surface area contributed by atoms with E-state index < -0.39 is 0 Å². The monoisotopic (exact) mass is 249 g/mol. The van der Waals surface area contributed by atoms with Gasteiger partial charge < -0.3 is 19.9 Å². The average Bonchev–Trinajstić information content (AvgIpc) is 2.40. The maximum Gasteiger partial charge on any atom is 0.0635 e.